The molecule has 0 aliphatic carbocycles. The summed E-state index contributed by atoms with van der Waals surface area (Å²) in [6.45, 7) is 4.15. The number of aromatic nitrogens is 2. The number of hydrogen-bond acceptors (Lipinski definition) is 2. The number of fused-ring (bicyclic) bond motifs is 1. The third-order valence-electron chi connectivity index (χ3n) is 1.76. The largest absolute Gasteiger partial charge is 0.293 e. The maximum absolute atomic E-state index is 5.72. The van der Waals surface area contributed by atoms with Gasteiger partial charge in [-0.15, -0.1) is 11.3 Å². The standard InChI is InChI=1S/C7H7ClN2S/c1-4-5(2)11-7-9-6(8)3-10(4)7/h3H,1-2H3. The summed E-state index contributed by atoms with van der Waals surface area (Å²) in [6.07, 6.45) is 1.84. The summed E-state index contributed by atoms with van der Waals surface area (Å²) in [7, 11) is 0. The molecule has 0 saturated carbocycles. The van der Waals surface area contributed by atoms with Gasteiger partial charge in [0.15, 0.2) is 4.96 Å². The van der Waals surface area contributed by atoms with Gasteiger partial charge in [-0.2, -0.15) is 0 Å². The van der Waals surface area contributed by atoms with E-state index in [0.29, 0.717) is 5.15 Å². The van der Waals surface area contributed by atoms with Crippen LogP contribution in [0.25, 0.3) is 4.96 Å². The van der Waals surface area contributed by atoms with E-state index in [1.54, 1.807) is 11.3 Å². The van der Waals surface area contributed by atoms with Crippen LogP contribution in [0.3, 0.4) is 0 Å². The van der Waals surface area contributed by atoms with Crippen LogP contribution in [0.1, 0.15) is 10.6 Å². The molecule has 0 saturated heterocycles. The lowest BCUT2D eigenvalue weighted by molar-refractivity contribution is 1.11. The number of halogens is 1. The topological polar surface area (TPSA) is 17.3 Å². The Kier molecular flexibility index (Phi) is 1.44. The molecule has 2 heterocycles. The number of rotatable bonds is 0. The van der Waals surface area contributed by atoms with Gasteiger partial charge < -0.3 is 0 Å². The number of thiazole rings is 1. The Bertz CT molecular complexity index is 402. The summed E-state index contributed by atoms with van der Waals surface area (Å²) in [5, 5.41) is 0.569. The fourth-order valence-electron chi connectivity index (χ4n) is 1.03. The molecule has 0 radical (unpaired) electrons. The molecule has 11 heavy (non-hydrogen) atoms. The maximum Gasteiger partial charge on any atom is 0.195 e. The summed E-state index contributed by atoms with van der Waals surface area (Å²) in [4.78, 5) is 6.41. The van der Waals surface area contributed by atoms with Crippen LogP contribution in [-0.2, 0) is 0 Å². The highest BCUT2D eigenvalue weighted by molar-refractivity contribution is 7.17. The number of hydrogen-bond donors (Lipinski definition) is 0. The highest BCUT2D eigenvalue weighted by Crippen LogP contribution is 2.22. The Morgan fingerprint density at radius 1 is 1.55 bits per heavy atom. The molecular weight excluding hydrogens is 180 g/mol. The predicted molar refractivity (Wildman–Crippen MR) is 47.6 cm³/mol. The fraction of sp³-hybridized carbons (Fsp3) is 0.286. The summed E-state index contributed by atoms with van der Waals surface area (Å²) < 4.78 is 2.02. The van der Waals surface area contributed by atoms with Crippen LogP contribution in [0, 0.1) is 13.8 Å². The van der Waals surface area contributed by atoms with Crippen LogP contribution in [0.4, 0.5) is 0 Å². The second-order valence-corrected chi connectivity index (χ2v) is 4.03. The van der Waals surface area contributed by atoms with Gasteiger partial charge in [-0.1, -0.05) is 11.6 Å². The summed E-state index contributed by atoms with van der Waals surface area (Å²) >= 11 is 7.39. The molecule has 2 aromatic rings. The van der Waals surface area contributed by atoms with Crippen LogP contribution in [0.15, 0.2) is 6.20 Å². The maximum atomic E-state index is 5.72. The second kappa shape index (κ2) is 2.22. The van der Waals surface area contributed by atoms with E-state index in [4.69, 9.17) is 11.6 Å². The van der Waals surface area contributed by atoms with E-state index < -0.39 is 0 Å². The van der Waals surface area contributed by atoms with Crippen molar-refractivity contribution < 1.29 is 0 Å². The van der Waals surface area contributed by atoms with Gasteiger partial charge in [0.1, 0.15) is 5.15 Å². The number of imidazole rings is 1. The molecule has 2 nitrogen and oxygen atoms in total. The van der Waals surface area contributed by atoms with Gasteiger partial charge >= 0.3 is 0 Å². The van der Waals surface area contributed by atoms with Crippen LogP contribution >= 0.6 is 22.9 Å². The predicted octanol–water partition coefficient (Wildman–Crippen LogP) is 2.67. The molecule has 0 aromatic carbocycles. The molecule has 0 unspecified atom stereocenters. The highest BCUT2D eigenvalue weighted by Gasteiger charge is 2.06. The molecule has 0 atom stereocenters. The first-order chi connectivity index (χ1) is 5.18. The van der Waals surface area contributed by atoms with E-state index in [1.165, 1.54) is 10.6 Å². The van der Waals surface area contributed by atoms with E-state index in [0.717, 1.165) is 4.96 Å². The zero-order valence-electron chi connectivity index (χ0n) is 6.26. The molecule has 58 valence electrons. The fourth-order valence-corrected chi connectivity index (χ4v) is 2.21. The molecule has 4 heteroatoms. The van der Waals surface area contributed by atoms with Gasteiger partial charge in [0, 0.05) is 16.8 Å². The Hall–Kier alpha value is -0.540. The van der Waals surface area contributed by atoms with Crippen molar-refractivity contribution in [3.05, 3.63) is 21.9 Å². The van der Waals surface area contributed by atoms with Gasteiger partial charge in [0.25, 0.3) is 0 Å². The van der Waals surface area contributed by atoms with Crippen molar-refractivity contribution in [1.82, 2.24) is 9.38 Å². The van der Waals surface area contributed by atoms with Crippen molar-refractivity contribution in [3.63, 3.8) is 0 Å². The minimum atomic E-state index is 0.569. The lowest BCUT2D eigenvalue weighted by Gasteiger charge is -1.87. The quantitative estimate of drug-likeness (QED) is 0.619. The van der Waals surface area contributed by atoms with E-state index in [-0.39, 0.29) is 0 Å². The van der Waals surface area contributed by atoms with Crippen molar-refractivity contribution in [2.24, 2.45) is 0 Å². The number of nitrogens with zero attached hydrogens (tertiary/aromatic N) is 2. The molecule has 0 bridgehead atoms. The van der Waals surface area contributed by atoms with E-state index >= 15 is 0 Å². The van der Waals surface area contributed by atoms with Gasteiger partial charge in [-0.25, -0.2) is 4.98 Å². The molecule has 0 amide bonds. The summed E-state index contributed by atoms with van der Waals surface area (Å²) in [5.41, 5.74) is 1.23. The Morgan fingerprint density at radius 2 is 2.27 bits per heavy atom. The van der Waals surface area contributed by atoms with Crippen LogP contribution in [0.5, 0.6) is 0 Å². The number of aryl methyl sites for hydroxylation is 2. The Labute approximate surface area is 73.4 Å². The minimum Gasteiger partial charge on any atom is -0.293 e. The van der Waals surface area contributed by atoms with Crippen molar-refractivity contribution >= 4 is 27.9 Å². The van der Waals surface area contributed by atoms with E-state index in [9.17, 15) is 0 Å². The van der Waals surface area contributed by atoms with Crippen LogP contribution in [-0.4, -0.2) is 9.38 Å². The zero-order valence-corrected chi connectivity index (χ0v) is 7.83. The van der Waals surface area contributed by atoms with Crippen molar-refractivity contribution in [1.29, 1.82) is 0 Å². The molecule has 2 aromatic heterocycles. The van der Waals surface area contributed by atoms with E-state index in [1.807, 2.05) is 10.6 Å². The molecule has 0 N–H and O–H groups in total. The monoisotopic (exact) mass is 186 g/mol. The minimum absolute atomic E-state index is 0.569. The average molecular weight is 187 g/mol. The Morgan fingerprint density at radius 3 is 2.91 bits per heavy atom. The highest BCUT2D eigenvalue weighted by atomic mass is 35.5. The van der Waals surface area contributed by atoms with Gasteiger partial charge in [-0.3, -0.25) is 4.40 Å². The summed E-state index contributed by atoms with van der Waals surface area (Å²) in [6, 6.07) is 0. The normalized spacial score (nSPS) is 11.2. The van der Waals surface area contributed by atoms with Crippen molar-refractivity contribution in [2.45, 2.75) is 13.8 Å². The smallest absolute Gasteiger partial charge is 0.195 e. The first-order valence-electron chi connectivity index (χ1n) is 3.29. The Balaban J connectivity index is 2.88. The SMILES string of the molecule is Cc1sc2nc(Cl)cn2c1C. The van der Waals surface area contributed by atoms with Gasteiger partial charge in [0.2, 0.25) is 0 Å². The third kappa shape index (κ3) is 0.957. The molecule has 2 rings (SSSR count). The lowest BCUT2D eigenvalue weighted by atomic mass is 10.4. The van der Waals surface area contributed by atoms with E-state index in [2.05, 4.69) is 18.8 Å². The third-order valence-corrected chi connectivity index (χ3v) is 3.01. The first-order valence-corrected chi connectivity index (χ1v) is 4.48. The van der Waals surface area contributed by atoms with Crippen molar-refractivity contribution in [3.8, 4) is 0 Å². The van der Waals surface area contributed by atoms with Gasteiger partial charge in [-0.05, 0) is 13.8 Å². The molecule has 0 aliphatic heterocycles. The van der Waals surface area contributed by atoms with Crippen LogP contribution < -0.4 is 0 Å². The lowest BCUT2D eigenvalue weighted by Crippen LogP contribution is -1.80. The molecule has 0 aliphatic rings. The average Bonchev–Trinajstić information content (AvgIpc) is 2.37. The van der Waals surface area contributed by atoms with Gasteiger partial charge in [0.05, 0.1) is 0 Å². The zero-order chi connectivity index (χ0) is 8.01. The van der Waals surface area contributed by atoms with Crippen molar-refractivity contribution in [2.75, 3.05) is 0 Å². The molecular formula is C7H7ClN2S. The van der Waals surface area contributed by atoms with Crippen LogP contribution in [0.2, 0.25) is 5.15 Å². The second-order valence-electron chi connectivity index (χ2n) is 2.46. The molecule has 0 fully saturated rings. The first kappa shape index (κ1) is 7.13. The molecule has 0 spiro atoms. The summed E-state index contributed by atoms with van der Waals surface area (Å²) in [5.74, 6) is 0.